The summed E-state index contributed by atoms with van der Waals surface area (Å²) in [5.74, 6) is 0.0174. The van der Waals surface area contributed by atoms with Gasteiger partial charge in [0.15, 0.2) is 0 Å². The molecule has 18 heavy (non-hydrogen) atoms. The summed E-state index contributed by atoms with van der Waals surface area (Å²) in [5, 5.41) is 0.963. The minimum atomic E-state index is 0.0174. The number of aromatic nitrogens is 1. The molecule has 0 fully saturated rings. The number of carbonyl (C=O) groups excluding carboxylic acids is 1. The van der Waals surface area contributed by atoms with Crippen LogP contribution in [-0.2, 0) is 0 Å². The number of aromatic amines is 1. The molecule has 0 unspecified atom stereocenters. The van der Waals surface area contributed by atoms with Crippen LogP contribution >= 0.6 is 22.9 Å². The van der Waals surface area contributed by atoms with Crippen molar-refractivity contribution in [1.29, 1.82) is 0 Å². The topological polar surface area (TPSA) is 32.9 Å². The van der Waals surface area contributed by atoms with Crippen LogP contribution in [0.1, 0.15) is 20.8 Å². The second kappa shape index (κ2) is 4.26. The highest BCUT2D eigenvalue weighted by atomic mass is 35.5. The van der Waals surface area contributed by atoms with E-state index in [1.165, 1.54) is 11.3 Å². The highest BCUT2D eigenvalue weighted by Gasteiger charge is 2.15. The Morgan fingerprint density at radius 3 is 2.83 bits per heavy atom. The van der Waals surface area contributed by atoms with Crippen molar-refractivity contribution in [3.8, 4) is 0 Å². The van der Waals surface area contributed by atoms with Gasteiger partial charge in [0.25, 0.3) is 0 Å². The van der Waals surface area contributed by atoms with Crippen LogP contribution in [0.5, 0.6) is 0 Å². The van der Waals surface area contributed by atoms with E-state index in [1.807, 2.05) is 25.1 Å². The number of ketones is 1. The first-order chi connectivity index (χ1) is 8.65. The molecule has 0 saturated heterocycles. The molecule has 3 rings (SSSR count). The van der Waals surface area contributed by atoms with Crippen molar-refractivity contribution in [2.75, 3.05) is 0 Å². The Kier molecular flexibility index (Phi) is 2.73. The first kappa shape index (κ1) is 11.5. The zero-order valence-corrected chi connectivity index (χ0v) is 11.2. The van der Waals surface area contributed by atoms with Gasteiger partial charge in [-0.15, -0.1) is 11.3 Å². The summed E-state index contributed by atoms with van der Waals surface area (Å²) in [5.41, 5.74) is 2.82. The number of rotatable bonds is 2. The van der Waals surface area contributed by atoms with E-state index in [0.717, 1.165) is 16.5 Å². The van der Waals surface area contributed by atoms with Gasteiger partial charge in [-0.05, 0) is 31.2 Å². The third-order valence-corrected chi connectivity index (χ3v) is 4.11. The minimum absolute atomic E-state index is 0.0174. The Bertz CT molecular complexity index is 741. The molecule has 0 radical (unpaired) electrons. The van der Waals surface area contributed by atoms with Crippen molar-refractivity contribution in [1.82, 2.24) is 4.98 Å². The number of hydrogen-bond acceptors (Lipinski definition) is 2. The number of benzene rings is 1. The highest BCUT2D eigenvalue weighted by molar-refractivity contribution is 7.18. The minimum Gasteiger partial charge on any atom is -0.360 e. The maximum absolute atomic E-state index is 12.4. The largest absolute Gasteiger partial charge is 0.360 e. The van der Waals surface area contributed by atoms with Gasteiger partial charge in [-0.3, -0.25) is 4.79 Å². The maximum Gasteiger partial charge on any atom is 0.205 e. The second-order valence-electron chi connectivity index (χ2n) is 4.18. The molecule has 2 nitrogen and oxygen atoms in total. The summed E-state index contributed by atoms with van der Waals surface area (Å²) in [6.07, 6.45) is 1.76. The molecule has 1 N–H and O–H groups in total. The van der Waals surface area contributed by atoms with E-state index in [2.05, 4.69) is 4.98 Å². The van der Waals surface area contributed by atoms with Gasteiger partial charge in [0.05, 0.1) is 9.21 Å². The SMILES string of the molecule is Cc1ccc2[nH]cc(C(=O)c3ccc(Cl)s3)c2c1. The Morgan fingerprint density at radius 2 is 2.11 bits per heavy atom. The molecule has 2 heterocycles. The molecule has 0 aliphatic heterocycles. The van der Waals surface area contributed by atoms with Crippen LogP contribution in [0.15, 0.2) is 36.5 Å². The van der Waals surface area contributed by atoms with Crippen LogP contribution in [0, 0.1) is 6.92 Å². The summed E-state index contributed by atoms with van der Waals surface area (Å²) in [7, 11) is 0. The van der Waals surface area contributed by atoms with Crippen molar-refractivity contribution < 1.29 is 4.79 Å². The molecule has 2 aromatic heterocycles. The Balaban J connectivity index is 2.14. The van der Waals surface area contributed by atoms with E-state index in [-0.39, 0.29) is 5.78 Å². The third-order valence-electron chi connectivity index (χ3n) is 2.88. The van der Waals surface area contributed by atoms with Crippen molar-refractivity contribution in [2.24, 2.45) is 0 Å². The lowest BCUT2D eigenvalue weighted by Gasteiger charge is -1.97. The summed E-state index contributed by atoms with van der Waals surface area (Å²) < 4.78 is 0.634. The molecule has 90 valence electrons. The van der Waals surface area contributed by atoms with Gasteiger partial charge in [0, 0.05) is 22.7 Å². The molecule has 1 aromatic carbocycles. The van der Waals surface area contributed by atoms with Crippen LogP contribution in [0.3, 0.4) is 0 Å². The first-order valence-electron chi connectivity index (χ1n) is 5.53. The van der Waals surface area contributed by atoms with Crippen molar-refractivity contribution in [2.45, 2.75) is 6.92 Å². The molecule has 0 spiro atoms. The van der Waals surface area contributed by atoms with E-state index >= 15 is 0 Å². The molecular formula is C14H10ClNOS. The predicted octanol–water partition coefficient (Wildman–Crippen LogP) is 4.42. The van der Waals surface area contributed by atoms with Crippen LogP contribution in [0.25, 0.3) is 10.9 Å². The number of H-pyrrole nitrogens is 1. The van der Waals surface area contributed by atoms with Gasteiger partial charge < -0.3 is 4.98 Å². The average molecular weight is 276 g/mol. The van der Waals surface area contributed by atoms with E-state index in [9.17, 15) is 4.79 Å². The number of carbonyl (C=O) groups is 1. The third kappa shape index (κ3) is 1.85. The Labute approximate surface area is 113 Å². The molecule has 0 bridgehead atoms. The van der Waals surface area contributed by atoms with E-state index < -0.39 is 0 Å². The maximum atomic E-state index is 12.4. The number of aryl methyl sites for hydroxylation is 1. The number of halogens is 1. The molecule has 3 aromatic rings. The quantitative estimate of drug-likeness (QED) is 0.690. The summed E-state index contributed by atoms with van der Waals surface area (Å²) in [4.78, 5) is 16.2. The van der Waals surface area contributed by atoms with E-state index in [4.69, 9.17) is 11.6 Å². The average Bonchev–Trinajstić information content (AvgIpc) is 2.94. The van der Waals surface area contributed by atoms with Crippen molar-refractivity contribution in [3.05, 3.63) is 56.9 Å². The number of hydrogen-bond donors (Lipinski definition) is 1. The monoisotopic (exact) mass is 275 g/mol. The standard InChI is InChI=1S/C14H10ClNOS/c1-8-2-3-11-9(6-8)10(7-16-11)14(17)12-4-5-13(15)18-12/h2-7,16H,1H3. The van der Waals surface area contributed by atoms with Crippen molar-refractivity contribution in [3.63, 3.8) is 0 Å². The normalized spacial score (nSPS) is 11.0. The second-order valence-corrected chi connectivity index (χ2v) is 5.90. The van der Waals surface area contributed by atoms with Gasteiger partial charge in [-0.25, -0.2) is 0 Å². The zero-order valence-electron chi connectivity index (χ0n) is 9.66. The van der Waals surface area contributed by atoms with Crippen LogP contribution in [0.4, 0.5) is 0 Å². The fraction of sp³-hybridized carbons (Fsp3) is 0.0714. The molecule has 0 saturated carbocycles. The molecule has 0 amide bonds. The van der Waals surface area contributed by atoms with Gasteiger partial charge in [0.2, 0.25) is 5.78 Å². The number of nitrogens with one attached hydrogen (secondary N) is 1. The molecular weight excluding hydrogens is 266 g/mol. The molecule has 0 aliphatic carbocycles. The molecule has 4 heteroatoms. The lowest BCUT2D eigenvalue weighted by atomic mass is 10.1. The van der Waals surface area contributed by atoms with Gasteiger partial charge in [0.1, 0.15) is 0 Å². The summed E-state index contributed by atoms with van der Waals surface area (Å²) in [6.45, 7) is 2.02. The van der Waals surface area contributed by atoms with Gasteiger partial charge >= 0.3 is 0 Å². The smallest absolute Gasteiger partial charge is 0.205 e. The molecule has 0 atom stereocenters. The van der Waals surface area contributed by atoms with E-state index in [0.29, 0.717) is 14.8 Å². The summed E-state index contributed by atoms with van der Waals surface area (Å²) >= 11 is 7.18. The Hall–Kier alpha value is -1.58. The zero-order chi connectivity index (χ0) is 12.7. The van der Waals surface area contributed by atoms with Gasteiger partial charge in [-0.1, -0.05) is 23.2 Å². The predicted molar refractivity (Wildman–Crippen MR) is 75.8 cm³/mol. The summed E-state index contributed by atoms with van der Waals surface area (Å²) in [6, 6.07) is 9.55. The van der Waals surface area contributed by atoms with Crippen LogP contribution < -0.4 is 0 Å². The highest BCUT2D eigenvalue weighted by Crippen LogP contribution is 2.27. The van der Waals surface area contributed by atoms with Crippen molar-refractivity contribution >= 4 is 39.6 Å². The lowest BCUT2D eigenvalue weighted by molar-refractivity contribution is 0.104. The fourth-order valence-corrected chi connectivity index (χ4v) is 2.99. The number of fused-ring (bicyclic) bond motifs is 1. The first-order valence-corrected chi connectivity index (χ1v) is 6.72. The number of thiophene rings is 1. The van der Waals surface area contributed by atoms with Gasteiger partial charge in [-0.2, -0.15) is 0 Å². The fourth-order valence-electron chi connectivity index (χ4n) is 1.99. The van der Waals surface area contributed by atoms with E-state index in [1.54, 1.807) is 18.3 Å². The van der Waals surface area contributed by atoms with Crippen LogP contribution in [-0.4, -0.2) is 10.8 Å². The Morgan fingerprint density at radius 1 is 1.28 bits per heavy atom. The lowest BCUT2D eigenvalue weighted by Crippen LogP contribution is -1.96. The van der Waals surface area contributed by atoms with Crippen LogP contribution in [0.2, 0.25) is 4.34 Å². The molecule has 0 aliphatic rings.